The third-order valence-corrected chi connectivity index (χ3v) is 8.97. The molecular weight excluding hydrogens is 583 g/mol. The van der Waals surface area contributed by atoms with Crippen LogP contribution in [0.5, 0.6) is 0 Å². The summed E-state index contributed by atoms with van der Waals surface area (Å²) in [6.45, 7) is 1.66. The van der Waals surface area contributed by atoms with Crippen molar-refractivity contribution in [1.82, 2.24) is 10.2 Å². The lowest BCUT2D eigenvalue weighted by molar-refractivity contribution is -0.141. The van der Waals surface area contributed by atoms with Gasteiger partial charge < -0.3 is 10.2 Å². The van der Waals surface area contributed by atoms with Crippen molar-refractivity contribution >= 4 is 50.7 Å². The van der Waals surface area contributed by atoms with Gasteiger partial charge in [-0.05, 0) is 49.9 Å². The third kappa shape index (κ3) is 8.54. The quantitative estimate of drug-likeness (QED) is 0.313. The molecule has 2 aromatic rings. The molecule has 2 amide bonds. The van der Waals surface area contributed by atoms with Gasteiger partial charge >= 0.3 is 0 Å². The van der Waals surface area contributed by atoms with Crippen molar-refractivity contribution in [2.24, 2.45) is 0 Å². The van der Waals surface area contributed by atoms with Gasteiger partial charge in [0.05, 0.1) is 11.9 Å². The Morgan fingerprint density at radius 2 is 1.70 bits per heavy atom. The van der Waals surface area contributed by atoms with E-state index in [2.05, 4.69) is 5.32 Å². The van der Waals surface area contributed by atoms with Crippen LogP contribution in [0.25, 0.3) is 0 Å². The molecule has 0 aromatic heterocycles. The van der Waals surface area contributed by atoms with E-state index in [0.717, 1.165) is 60.9 Å². The second-order valence-electron chi connectivity index (χ2n) is 10.0. The fourth-order valence-electron chi connectivity index (χ4n) is 4.96. The smallest absolute Gasteiger partial charge is 0.243 e. The lowest BCUT2D eigenvalue weighted by atomic mass is 9.95. The Morgan fingerprint density at radius 3 is 2.27 bits per heavy atom. The molecule has 0 saturated heterocycles. The van der Waals surface area contributed by atoms with Crippen LogP contribution in [0, 0.1) is 11.6 Å². The van der Waals surface area contributed by atoms with Crippen molar-refractivity contribution in [3.8, 4) is 0 Å². The average molecular weight is 619 g/mol. The molecule has 0 bridgehead atoms. The zero-order valence-corrected chi connectivity index (χ0v) is 25.0. The monoisotopic (exact) mass is 617 g/mol. The van der Waals surface area contributed by atoms with E-state index >= 15 is 0 Å². The number of benzene rings is 2. The Hall–Kier alpha value is -2.43. The summed E-state index contributed by atoms with van der Waals surface area (Å²) in [5.41, 5.74) is 0.453. The van der Waals surface area contributed by atoms with Crippen molar-refractivity contribution in [2.45, 2.75) is 76.9 Å². The first kappa shape index (κ1) is 32.1. The highest BCUT2D eigenvalue weighted by Gasteiger charge is 2.31. The minimum Gasteiger partial charge on any atom is -0.352 e. The zero-order chi connectivity index (χ0) is 29.4. The SMILES string of the molecule is CCC(C(=O)NC1CCCCC1)N(Cc1c(Cl)cccc1Cl)C(=O)CCCN(c1ccc(F)c(F)c1)S(C)(=O)=O. The zero-order valence-electron chi connectivity index (χ0n) is 22.6. The molecule has 1 fully saturated rings. The summed E-state index contributed by atoms with van der Waals surface area (Å²) in [5, 5.41) is 3.81. The summed E-state index contributed by atoms with van der Waals surface area (Å²) in [4.78, 5) is 28.4. The van der Waals surface area contributed by atoms with Crippen LogP contribution in [-0.4, -0.2) is 50.0 Å². The van der Waals surface area contributed by atoms with E-state index in [0.29, 0.717) is 22.0 Å². The molecule has 7 nitrogen and oxygen atoms in total. The summed E-state index contributed by atoms with van der Waals surface area (Å²) in [6, 6.07) is 7.06. The van der Waals surface area contributed by atoms with Crippen LogP contribution in [-0.2, 0) is 26.2 Å². The molecule has 0 spiro atoms. The number of carbonyl (C=O) groups excluding carboxylic acids is 2. The number of amides is 2. The fourth-order valence-corrected chi connectivity index (χ4v) is 6.44. The normalized spacial score (nSPS) is 14.9. The van der Waals surface area contributed by atoms with Crippen LogP contribution in [0.15, 0.2) is 36.4 Å². The van der Waals surface area contributed by atoms with Gasteiger partial charge in [0.1, 0.15) is 6.04 Å². The molecule has 1 N–H and O–H groups in total. The highest BCUT2D eigenvalue weighted by molar-refractivity contribution is 7.92. The molecule has 3 rings (SSSR count). The number of hydrogen-bond acceptors (Lipinski definition) is 4. The van der Waals surface area contributed by atoms with Gasteiger partial charge in [-0.3, -0.25) is 13.9 Å². The van der Waals surface area contributed by atoms with Gasteiger partial charge in [-0.1, -0.05) is 55.5 Å². The van der Waals surface area contributed by atoms with Crippen LogP contribution in [0.2, 0.25) is 10.0 Å². The number of halogens is 4. The lowest BCUT2D eigenvalue weighted by Crippen LogP contribution is -2.51. The summed E-state index contributed by atoms with van der Waals surface area (Å²) in [6.07, 6.45) is 6.23. The number of anilines is 1. The lowest BCUT2D eigenvalue weighted by Gasteiger charge is -2.33. The molecule has 1 atom stereocenters. The molecule has 1 unspecified atom stereocenters. The molecule has 0 aliphatic heterocycles. The van der Waals surface area contributed by atoms with Gasteiger partial charge in [0.15, 0.2) is 11.6 Å². The second kappa shape index (κ2) is 14.5. The molecular formula is C28H35Cl2F2N3O4S. The molecule has 2 aromatic carbocycles. The topological polar surface area (TPSA) is 86.8 Å². The second-order valence-corrected chi connectivity index (χ2v) is 12.7. The van der Waals surface area contributed by atoms with E-state index in [4.69, 9.17) is 23.2 Å². The van der Waals surface area contributed by atoms with Crippen molar-refractivity contribution in [2.75, 3.05) is 17.1 Å². The van der Waals surface area contributed by atoms with E-state index < -0.39 is 27.7 Å². The first-order valence-corrected chi connectivity index (χ1v) is 16.0. The molecule has 1 aliphatic carbocycles. The summed E-state index contributed by atoms with van der Waals surface area (Å²) >= 11 is 12.8. The number of nitrogens with zero attached hydrogens (tertiary/aromatic N) is 2. The Morgan fingerprint density at radius 1 is 1.05 bits per heavy atom. The van der Waals surface area contributed by atoms with Crippen LogP contribution in [0.3, 0.4) is 0 Å². The molecule has 0 heterocycles. The van der Waals surface area contributed by atoms with Crippen LogP contribution in [0.1, 0.15) is 63.9 Å². The summed E-state index contributed by atoms with van der Waals surface area (Å²) in [5.74, 6) is -2.93. The molecule has 12 heteroatoms. The molecule has 1 saturated carbocycles. The van der Waals surface area contributed by atoms with E-state index in [-0.39, 0.29) is 49.5 Å². The van der Waals surface area contributed by atoms with Crippen LogP contribution in [0.4, 0.5) is 14.5 Å². The third-order valence-electron chi connectivity index (χ3n) is 7.07. The molecule has 0 radical (unpaired) electrons. The highest BCUT2D eigenvalue weighted by atomic mass is 35.5. The highest BCUT2D eigenvalue weighted by Crippen LogP contribution is 2.28. The number of carbonyl (C=O) groups is 2. The first-order valence-electron chi connectivity index (χ1n) is 13.4. The Kier molecular flexibility index (Phi) is 11.6. The van der Waals surface area contributed by atoms with Crippen LogP contribution < -0.4 is 9.62 Å². The Labute approximate surface area is 244 Å². The molecule has 1 aliphatic rings. The maximum atomic E-state index is 13.8. The van der Waals surface area contributed by atoms with Crippen molar-refractivity contribution < 1.29 is 26.8 Å². The van der Waals surface area contributed by atoms with Gasteiger partial charge in [0.25, 0.3) is 0 Å². The number of hydrogen-bond donors (Lipinski definition) is 1. The molecule has 40 heavy (non-hydrogen) atoms. The number of nitrogens with one attached hydrogen (secondary N) is 1. The minimum absolute atomic E-state index is 0.00705. The number of sulfonamides is 1. The van der Waals surface area contributed by atoms with Gasteiger partial charge in [0, 0.05) is 47.2 Å². The molecule has 220 valence electrons. The predicted octanol–water partition coefficient (Wildman–Crippen LogP) is 6.07. The summed E-state index contributed by atoms with van der Waals surface area (Å²) in [7, 11) is -3.86. The van der Waals surface area contributed by atoms with E-state index in [1.807, 2.05) is 6.92 Å². The minimum atomic E-state index is -3.86. The van der Waals surface area contributed by atoms with E-state index in [1.54, 1.807) is 18.2 Å². The van der Waals surface area contributed by atoms with E-state index in [9.17, 15) is 26.8 Å². The van der Waals surface area contributed by atoms with Crippen molar-refractivity contribution in [1.29, 1.82) is 0 Å². The van der Waals surface area contributed by atoms with Gasteiger partial charge in [-0.15, -0.1) is 0 Å². The first-order chi connectivity index (χ1) is 18.9. The van der Waals surface area contributed by atoms with Crippen molar-refractivity contribution in [3.63, 3.8) is 0 Å². The van der Waals surface area contributed by atoms with E-state index in [1.165, 1.54) is 4.90 Å². The average Bonchev–Trinajstić information content (AvgIpc) is 2.89. The van der Waals surface area contributed by atoms with Gasteiger partial charge in [-0.2, -0.15) is 0 Å². The fraction of sp³-hybridized carbons (Fsp3) is 0.500. The standard InChI is InChI=1S/C28H35Cl2F2N3O4S/c1-3-26(28(37)33-19-9-5-4-6-10-19)34(18-21-22(29)11-7-12-23(21)30)27(36)13-8-16-35(40(2,38)39)20-14-15-24(31)25(32)17-20/h7,11-12,14-15,17,19,26H,3-6,8-10,13,16,18H2,1-2H3,(H,33,37). The number of rotatable bonds is 12. The van der Waals surface area contributed by atoms with Gasteiger partial charge in [-0.25, -0.2) is 17.2 Å². The largest absolute Gasteiger partial charge is 0.352 e. The maximum absolute atomic E-state index is 13.8. The summed E-state index contributed by atoms with van der Waals surface area (Å²) < 4.78 is 53.0. The maximum Gasteiger partial charge on any atom is 0.243 e. The Balaban J connectivity index is 1.81. The van der Waals surface area contributed by atoms with Gasteiger partial charge in [0.2, 0.25) is 21.8 Å². The predicted molar refractivity (Wildman–Crippen MR) is 154 cm³/mol. The van der Waals surface area contributed by atoms with Crippen LogP contribution >= 0.6 is 23.2 Å². The van der Waals surface area contributed by atoms with Crippen molar-refractivity contribution in [3.05, 3.63) is 63.6 Å². The Bertz CT molecular complexity index is 1290.